The van der Waals surface area contributed by atoms with Crippen molar-refractivity contribution in [1.82, 2.24) is 15.5 Å². The lowest BCUT2D eigenvalue weighted by molar-refractivity contribution is -0.146. The molecule has 1 aromatic rings. The zero-order valence-electron chi connectivity index (χ0n) is 18.6. The number of nitrogens with one attached hydrogen (secondary N) is 2. The first kappa shape index (κ1) is 26.5. The van der Waals surface area contributed by atoms with Crippen molar-refractivity contribution >= 4 is 42.2 Å². The SMILES string of the molecule is CC[C@H](NC[C@@H](N)CS)C(=O)N1Cc2ccccc2C[C@H]1C(=O)N[C@@H](CCSC)C(=O)O. The normalized spacial score (nSPS) is 18.4. The summed E-state index contributed by atoms with van der Waals surface area (Å²) in [5, 5.41) is 15.4. The minimum atomic E-state index is -1.07. The number of benzene rings is 1. The molecule has 0 saturated carbocycles. The molecule has 1 aromatic carbocycles. The third kappa shape index (κ3) is 7.13. The third-order valence-electron chi connectivity index (χ3n) is 5.63. The van der Waals surface area contributed by atoms with Gasteiger partial charge in [-0.2, -0.15) is 24.4 Å². The van der Waals surface area contributed by atoms with Crippen molar-refractivity contribution in [2.24, 2.45) is 5.73 Å². The van der Waals surface area contributed by atoms with Gasteiger partial charge in [-0.15, -0.1) is 0 Å². The molecular weight excluding hydrogens is 448 g/mol. The Bertz CT molecular complexity index is 795. The molecule has 32 heavy (non-hydrogen) atoms. The van der Waals surface area contributed by atoms with E-state index in [9.17, 15) is 19.5 Å². The molecule has 1 aliphatic heterocycles. The molecule has 8 nitrogen and oxygen atoms in total. The van der Waals surface area contributed by atoms with Crippen molar-refractivity contribution < 1.29 is 19.5 Å². The second-order valence-corrected chi connectivity index (χ2v) is 9.30. The van der Waals surface area contributed by atoms with E-state index in [2.05, 4.69) is 23.3 Å². The van der Waals surface area contributed by atoms with Crippen molar-refractivity contribution in [3.8, 4) is 0 Å². The molecule has 2 rings (SSSR count). The number of nitrogens with zero attached hydrogens (tertiary/aromatic N) is 1. The lowest BCUT2D eigenvalue weighted by Crippen LogP contribution is -2.59. The number of amides is 2. The van der Waals surface area contributed by atoms with Gasteiger partial charge in [-0.3, -0.25) is 9.59 Å². The molecule has 5 N–H and O–H groups in total. The van der Waals surface area contributed by atoms with E-state index in [1.54, 1.807) is 4.90 Å². The topological polar surface area (TPSA) is 125 Å². The summed E-state index contributed by atoms with van der Waals surface area (Å²) in [5.74, 6) is -0.601. The summed E-state index contributed by atoms with van der Waals surface area (Å²) < 4.78 is 0. The zero-order chi connectivity index (χ0) is 23.7. The Morgan fingerprint density at radius 1 is 1.28 bits per heavy atom. The van der Waals surface area contributed by atoms with Crippen LogP contribution in [0.2, 0.25) is 0 Å². The summed E-state index contributed by atoms with van der Waals surface area (Å²) in [6, 6.07) is 5.27. The lowest BCUT2D eigenvalue weighted by atomic mass is 9.92. The highest BCUT2D eigenvalue weighted by molar-refractivity contribution is 7.98. The number of fused-ring (bicyclic) bond motifs is 1. The molecule has 0 spiro atoms. The van der Waals surface area contributed by atoms with E-state index >= 15 is 0 Å². The Hall–Kier alpha value is -1.75. The molecule has 178 valence electrons. The maximum atomic E-state index is 13.5. The van der Waals surface area contributed by atoms with Gasteiger partial charge in [0.05, 0.1) is 6.04 Å². The number of carboxylic acids is 1. The summed E-state index contributed by atoms with van der Waals surface area (Å²) in [5.41, 5.74) is 7.91. The zero-order valence-corrected chi connectivity index (χ0v) is 20.3. The van der Waals surface area contributed by atoms with E-state index in [1.165, 1.54) is 11.8 Å². The van der Waals surface area contributed by atoms with Crippen LogP contribution < -0.4 is 16.4 Å². The first-order chi connectivity index (χ1) is 15.3. The maximum absolute atomic E-state index is 13.5. The van der Waals surface area contributed by atoms with E-state index < -0.39 is 30.0 Å². The molecule has 0 radical (unpaired) electrons. The van der Waals surface area contributed by atoms with Crippen LogP contribution in [0.15, 0.2) is 24.3 Å². The van der Waals surface area contributed by atoms with Crippen molar-refractivity contribution in [2.75, 3.05) is 24.3 Å². The first-order valence-corrected chi connectivity index (χ1v) is 12.8. The van der Waals surface area contributed by atoms with Gasteiger partial charge in [0.25, 0.3) is 0 Å². The van der Waals surface area contributed by atoms with E-state index in [0.29, 0.717) is 43.9 Å². The standard InChI is InChI=1S/C22H34N4O4S2/c1-3-17(24-11-16(23)13-31)21(28)26-12-15-7-5-4-6-14(15)10-19(26)20(27)25-18(22(29)30)8-9-32-2/h4-7,16-19,24,31H,3,8-13,23H2,1-2H3,(H,25,27)(H,29,30)/t16-,17+,18+,19+/m1/s1. The van der Waals surface area contributed by atoms with Gasteiger partial charge >= 0.3 is 5.97 Å². The number of carboxylic acid groups (broad SMARTS) is 1. The Labute approximate surface area is 199 Å². The summed E-state index contributed by atoms with van der Waals surface area (Å²) in [6.45, 7) is 2.63. The average molecular weight is 483 g/mol. The monoisotopic (exact) mass is 482 g/mol. The maximum Gasteiger partial charge on any atom is 0.326 e. The predicted octanol–water partition coefficient (Wildman–Crippen LogP) is 0.888. The summed E-state index contributed by atoms with van der Waals surface area (Å²) >= 11 is 5.70. The molecule has 0 saturated heterocycles. The van der Waals surface area contributed by atoms with Crippen LogP contribution in [0.4, 0.5) is 0 Å². The largest absolute Gasteiger partial charge is 0.480 e. The molecule has 2 amide bonds. The van der Waals surface area contributed by atoms with E-state index in [1.807, 2.05) is 37.4 Å². The fourth-order valence-electron chi connectivity index (χ4n) is 3.71. The van der Waals surface area contributed by atoms with Gasteiger partial charge < -0.3 is 26.4 Å². The third-order valence-corrected chi connectivity index (χ3v) is 6.74. The molecule has 1 heterocycles. The van der Waals surface area contributed by atoms with Crippen LogP contribution in [-0.4, -0.2) is 76.3 Å². The van der Waals surface area contributed by atoms with Crippen molar-refractivity contribution in [3.63, 3.8) is 0 Å². The summed E-state index contributed by atoms with van der Waals surface area (Å²) in [6.07, 6.45) is 3.09. The average Bonchev–Trinajstić information content (AvgIpc) is 2.80. The highest BCUT2D eigenvalue weighted by Crippen LogP contribution is 2.25. The van der Waals surface area contributed by atoms with Crippen molar-refractivity contribution in [1.29, 1.82) is 0 Å². The molecule has 0 fully saturated rings. The number of thioether (sulfide) groups is 1. The molecular formula is C22H34N4O4S2. The quantitative estimate of drug-likeness (QED) is 0.280. The molecule has 0 aromatic heterocycles. The first-order valence-electron chi connectivity index (χ1n) is 10.8. The number of rotatable bonds is 12. The minimum absolute atomic E-state index is 0.186. The fraction of sp³-hybridized carbons (Fsp3) is 0.591. The van der Waals surface area contributed by atoms with Crippen LogP contribution in [0.1, 0.15) is 30.9 Å². The number of hydrogen-bond donors (Lipinski definition) is 5. The van der Waals surface area contributed by atoms with Gasteiger partial charge in [0.15, 0.2) is 0 Å². The minimum Gasteiger partial charge on any atom is -0.480 e. The Morgan fingerprint density at radius 3 is 2.56 bits per heavy atom. The number of carbonyl (C=O) groups excluding carboxylic acids is 2. The number of nitrogens with two attached hydrogens (primary N) is 1. The molecule has 0 bridgehead atoms. The van der Waals surface area contributed by atoms with Crippen LogP contribution in [0, 0.1) is 0 Å². The number of thiol groups is 1. The van der Waals surface area contributed by atoms with E-state index in [4.69, 9.17) is 5.73 Å². The van der Waals surface area contributed by atoms with Crippen LogP contribution in [0.25, 0.3) is 0 Å². The van der Waals surface area contributed by atoms with Crippen molar-refractivity contribution in [2.45, 2.75) is 56.9 Å². The smallest absolute Gasteiger partial charge is 0.326 e. The molecule has 0 unspecified atom stereocenters. The van der Waals surface area contributed by atoms with Gasteiger partial charge in [0.2, 0.25) is 11.8 Å². The van der Waals surface area contributed by atoms with Crippen LogP contribution in [-0.2, 0) is 27.3 Å². The van der Waals surface area contributed by atoms with Crippen LogP contribution >= 0.6 is 24.4 Å². The van der Waals surface area contributed by atoms with E-state index in [0.717, 1.165) is 11.1 Å². The fourth-order valence-corrected chi connectivity index (χ4v) is 4.31. The molecule has 10 heteroatoms. The second kappa shape index (κ2) is 13.1. The van der Waals surface area contributed by atoms with Gasteiger partial charge in [-0.1, -0.05) is 31.2 Å². The van der Waals surface area contributed by atoms with E-state index in [-0.39, 0.29) is 11.9 Å². The van der Waals surface area contributed by atoms with Gasteiger partial charge in [-0.05, 0) is 36.0 Å². The summed E-state index contributed by atoms with van der Waals surface area (Å²) in [4.78, 5) is 39.9. The van der Waals surface area contributed by atoms with Gasteiger partial charge in [0, 0.05) is 31.3 Å². The molecule has 1 aliphatic rings. The van der Waals surface area contributed by atoms with Crippen LogP contribution in [0.3, 0.4) is 0 Å². The Morgan fingerprint density at radius 2 is 1.97 bits per heavy atom. The second-order valence-electron chi connectivity index (χ2n) is 7.95. The van der Waals surface area contributed by atoms with Gasteiger partial charge in [0.1, 0.15) is 12.1 Å². The van der Waals surface area contributed by atoms with Crippen molar-refractivity contribution in [3.05, 3.63) is 35.4 Å². The highest BCUT2D eigenvalue weighted by atomic mass is 32.2. The molecule has 4 atom stereocenters. The Kier molecular flexibility index (Phi) is 10.8. The lowest BCUT2D eigenvalue weighted by Gasteiger charge is -2.38. The van der Waals surface area contributed by atoms with Crippen LogP contribution in [0.5, 0.6) is 0 Å². The number of aliphatic carboxylic acids is 1. The Balaban J connectivity index is 2.25. The molecule has 0 aliphatic carbocycles. The highest BCUT2D eigenvalue weighted by Gasteiger charge is 2.38. The predicted molar refractivity (Wildman–Crippen MR) is 131 cm³/mol. The summed E-state index contributed by atoms with van der Waals surface area (Å²) in [7, 11) is 0. The van der Waals surface area contributed by atoms with Gasteiger partial charge in [-0.25, -0.2) is 4.79 Å². The number of hydrogen-bond acceptors (Lipinski definition) is 7. The number of carbonyl (C=O) groups is 3.